The van der Waals surface area contributed by atoms with Crippen molar-refractivity contribution in [3.63, 3.8) is 0 Å². The summed E-state index contributed by atoms with van der Waals surface area (Å²) in [5.74, 6) is 1.88. The molecule has 0 atom stereocenters. The normalized spacial score (nSPS) is 14.4. The molecule has 8 nitrogen and oxygen atoms in total. The van der Waals surface area contributed by atoms with E-state index in [1.807, 2.05) is 42.1 Å². The van der Waals surface area contributed by atoms with Gasteiger partial charge in [-0.05, 0) is 43.3 Å². The highest BCUT2D eigenvalue weighted by Gasteiger charge is 2.31. The predicted octanol–water partition coefficient (Wildman–Crippen LogP) is 3.83. The lowest BCUT2D eigenvalue weighted by Crippen LogP contribution is -2.50. The number of alkyl halides is 3. The van der Waals surface area contributed by atoms with Gasteiger partial charge in [-0.2, -0.15) is 0 Å². The number of aromatic nitrogens is 3. The van der Waals surface area contributed by atoms with Crippen LogP contribution in [0.2, 0.25) is 0 Å². The van der Waals surface area contributed by atoms with Crippen LogP contribution in [0, 0.1) is 6.92 Å². The molecular weight excluding hydrogens is 425 g/mol. The van der Waals surface area contributed by atoms with Crippen LogP contribution in [0.25, 0.3) is 5.82 Å². The van der Waals surface area contributed by atoms with Gasteiger partial charge in [0.25, 0.3) is 0 Å². The average molecular weight is 446 g/mol. The van der Waals surface area contributed by atoms with Crippen molar-refractivity contribution in [1.29, 1.82) is 0 Å². The van der Waals surface area contributed by atoms with Crippen LogP contribution in [0.1, 0.15) is 5.82 Å². The number of piperazine rings is 1. The number of hydrogen-bond acceptors (Lipinski definition) is 5. The first-order valence-corrected chi connectivity index (χ1v) is 9.92. The summed E-state index contributed by atoms with van der Waals surface area (Å²) >= 11 is 0. The van der Waals surface area contributed by atoms with Crippen molar-refractivity contribution >= 4 is 17.5 Å². The Hall–Kier alpha value is -3.76. The number of nitrogens with zero attached hydrogens (tertiary/aromatic N) is 5. The summed E-state index contributed by atoms with van der Waals surface area (Å²) in [6, 6.07) is 10.5. The van der Waals surface area contributed by atoms with Gasteiger partial charge in [0.15, 0.2) is 0 Å². The molecular formula is C21H21F3N6O2. The lowest BCUT2D eigenvalue weighted by atomic mass is 10.3. The van der Waals surface area contributed by atoms with Crippen LogP contribution in [0.4, 0.5) is 29.5 Å². The summed E-state index contributed by atoms with van der Waals surface area (Å²) in [6.45, 7) is 3.97. The van der Waals surface area contributed by atoms with Gasteiger partial charge in [0.1, 0.15) is 23.2 Å². The summed E-state index contributed by atoms with van der Waals surface area (Å²) in [5, 5.41) is 2.70. The van der Waals surface area contributed by atoms with Crippen LogP contribution in [0.15, 0.2) is 54.9 Å². The molecule has 0 saturated carbocycles. The Kier molecular flexibility index (Phi) is 5.89. The van der Waals surface area contributed by atoms with E-state index in [1.165, 1.54) is 12.1 Å². The lowest BCUT2D eigenvalue weighted by molar-refractivity contribution is -0.274. The highest BCUT2D eigenvalue weighted by molar-refractivity contribution is 5.89. The SMILES string of the molecule is Cc1nc(N2CCN(C(=O)Nc3ccc(OC(F)(F)F)cc3)CC2)cc(-n2cccc2)n1. The molecule has 1 aliphatic rings. The Morgan fingerprint density at radius 3 is 2.25 bits per heavy atom. The number of anilines is 2. The Morgan fingerprint density at radius 2 is 1.62 bits per heavy atom. The van der Waals surface area contributed by atoms with Gasteiger partial charge < -0.3 is 24.4 Å². The summed E-state index contributed by atoms with van der Waals surface area (Å²) in [5.41, 5.74) is 0.384. The second-order valence-corrected chi connectivity index (χ2v) is 7.20. The molecule has 32 heavy (non-hydrogen) atoms. The van der Waals surface area contributed by atoms with Crippen LogP contribution in [0.5, 0.6) is 5.75 Å². The molecule has 1 aliphatic heterocycles. The number of benzene rings is 1. The highest BCUT2D eigenvalue weighted by Crippen LogP contribution is 2.24. The van der Waals surface area contributed by atoms with Crippen molar-refractivity contribution in [1.82, 2.24) is 19.4 Å². The van der Waals surface area contributed by atoms with Gasteiger partial charge in [-0.1, -0.05) is 0 Å². The number of nitrogens with one attached hydrogen (secondary N) is 1. The van der Waals surface area contributed by atoms with E-state index in [0.717, 1.165) is 23.8 Å². The monoisotopic (exact) mass is 446 g/mol. The van der Waals surface area contributed by atoms with E-state index in [4.69, 9.17) is 0 Å². The van der Waals surface area contributed by atoms with Gasteiger partial charge in [0.2, 0.25) is 0 Å². The van der Waals surface area contributed by atoms with E-state index in [0.29, 0.717) is 37.7 Å². The molecule has 1 fully saturated rings. The Morgan fingerprint density at radius 1 is 1.00 bits per heavy atom. The number of carbonyl (C=O) groups is 1. The van der Waals surface area contributed by atoms with E-state index < -0.39 is 6.36 Å². The lowest BCUT2D eigenvalue weighted by Gasteiger charge is -2.35. The van der Waals surface area contributed by atoms with Crippen molar-refractivity contribution in [3.8, 4) is 11.6 Å². The van der Waals surface area contributed by atoms with Gasteiger partial charge in [-0.25, -0.2) is 14.8 Å². The van der Waals surface area contributed by atoms with Crippen molar-refractivity contribution in [2.75, 3.05) is 36.4 Å². The molecule has 1 N–H and O–H groups in total. The molecule has 2 amide bonds. The second kappa shape index (κ2) is 8.77. The fourth-order valence-corrected chi connectivity index (χ4v) is 3.40. The Labute approximate surface area is 182 Å². The van der Waals surface area contributed by atoms with E-state index >= 15 is 0 Å². The van der Waals surface area contributed by atoms with Gasteiger partial charge in [-0.15, -0.1) is 13.2 Å². The summed E-state index contributed by atoms with van der Waals surface area (Å²) < 4.78 is 42.5. The third-order valence-electron chi connectivity index (χ3n) is 4.91. The highest BCUT2D eigenvalue weighted by atomic mass is 19.4. The Bertz CT molecular complexity index is 1060. The summed E-state index contributed by atoms with van der Waals surface area (Å²) in [6.07, 6.45) is -0.930. The van der Waals surface area contributed by atoms with Crippen LogP contribution in [0.3, 0.4) is 0 Å². The maximum Gasteiger partial charge on any atom is 0.573 e. The zero-order chi connectivity index (χ0) is 22.7. The van der Waals surface area contributed by atoms with E-state index in [9.17, 15) is 18.0 Å². The average Bonchev–Trinajstić information content (AvgIpc) is 3.29. The topological polar surface area (TPSA) is 75.5 Å². The number of halogens is 3. The molecule has 0 radical (unpaired) electrons. The predicted molar refractivity (Wildman–Crippen MR) is 112 cm³/mol. The maximum atomic E-state index is 12.5. The molecule has 3 heterocycles. The molecule has 0 spiro atoms. The molecule has 0 unspecified atom stereocenters. The van der Waals surface area contributed by atoms with Crippen molar-refractivity contribution in [2.45, 2.75) is 13.3 Å². The molecule has 2 aromatic heterocycles. The number of urea groups is 1. The zero-order valence-electron chi connectivity index (χ0n) is 17.2. The fourth-order valence-electron chi connectivity index (χ4n) is 3.40. The van der Waals surface area contributed by atoms with Gasteiger partial charge in [-0.3, -0.25) is 0 Å². The number of aryl methyl sites for hydroxylation is 1. The van der Waals surface area contributed by atoms with Gasteiger partial charge in [0, 0.05) is 50.3 Å². The first kappa shape index (κ1) is 21.5. The molecule has 1 aromatic carbocycles. The van der Waals surface area contributed by atoms with Crippen LogP contribution < -0.4 is 15.0 Å². The number of amides is 2. The largest absolute Gasteiger partial charge is 0.573 e. The number of rotatable bonds is 4. The first-order valence-electron chi connectivity index (χ1n) is 9.92. The molecule has 11 heteroatoms. The van der Waals surface area contributed by atoms with E-state index in [1.54, 1.807) is 4.90 Å². The molecule has 3 aromatic rings. The van der Waals surface area contributed by atoms with Gasteiger partial charge in [0.05, 0.1) is 0 Å². The summed E-state index contributed by atoms with van der Waals surface area (Å²) in [4.78, 5) is 25.3. The standard InChI is InChI=1S/C21H21F3N6O2/c1-15-25-18(28-8-2-3-9-28)14-19(26-15)29-10-12-30(13-11-29)20(31)27-16-4-6-17(7-5-16)32-21(22,23)24/h2-9,14H,10-13H2,1H3,(H,27,31). The summed E-state index contributed by atoms with van der Waals surface area (Å²) in [7, 11) is 0. The quantitative estimate of drug-likeness (QED) is 0.659. The number of ether oxygens (including phenoxy) is 1. The maximum absolute atomic E-state index is 12.5. The van der Waals surface area contributed by atoms with Crippen molar-refractivity contribution in [2.24, 2.45) is 0 Å². The van der Waals surface area contributed by atoms with Crippen LogP contribution in [-0.4, -0.2) is 58.0 Å². The molecule has 168 valence electrons. The van der Waals surface area contributed by atoms with Crippen molar-refractivity contribution in [3.05, 3.63) is 60.7 Å². The van der Waals surface area contributed by atoms with E-state index in [-0.39, 0.29) is 11.8 Å². The second-order valence-electron chi connectivity index (χ2n) is 7.20. The minimum absolute atomic E-state index is 0.318. The van der Waals surface area contributed by atoms with Crippen LogP contribution >= 0.6 is 0 Å². The van der Waals surface area contributed by atoms with Crippen LogP contribution in [-0.2, 0) is 0 Å². The molecule has 0 bridgehead atoms. The van der Waals surface area contributed by atoms with Crippen molar-refractivity contribution < 1.29 is 22.7 Å². The molecule has 4 rings (SSSR count). The minimum atomic E-state index is -4.75. The zero-order valence-corrected chi connectivity index (χ0v) is 17.2. The van der Waals surface area contributed by atoms with E-state index in [2.05, 4.69) is 24.9 Å². The third-order valence-corrected chi connectivity index (χ3v) is 4.91. The third kappa shape index (κ3) is 5.29. The van der Waals surface area contributed by atoms with Gasteiger partial charge >= 0.3 is 12.4 Å². The fraction of sp³-hybridized carbons (Fsp3) is 0.286. The Balaban J connectivity index is 1.34. The number of carbonyl (C=O) groups excluding carboxylic acids is 1. The first-order chi connectivity index (χ1) is 15.3. The smallest absolute Gasteiger partial charge is 0.406 e. The molecule has 0 aliphatic carbocycles. The molecule has 1 saturated heterocycles. The minimum Gasteiger partial charge on any atom is -0.406 e. The number of hydrogen-bond donors (Lipinski definition) is 1.